The molecule has 1 unspecified atom stereocenters. The van der Waals surface area contributed by atoms with Gasteiger partial charge >= 0.3 is 18.1 Å². The number of carboxylic acid groups (broad SMARTS) is 2. The molecule has 0 spiro atoms. The zero-order chi connectivity index (χ0) is 33.0. The van der Waals surface area contributed by atoms with Gasteiger partial charge in [-0.3, -0.25) is 21.1 Å². The predicted octanol–water partition coefficient (Wildman–Crippen LogP) is 4.18. The molecule has 8 N–H and O–H groups in total. The summed E-state index contributed by atoms with van der Waals surface area (Å²) >= 11 is 0. The molecule has 1 atom stereocenters. The first kappa shape index (κ1) is 34.7. The molecule has 13 nitrogen and oxygen atoms in total. The minimum absolute atomic E-state index is 0.0106. The first-order chi connectivity index (χ1) is 20.6. The van der Waals surface area contributed by atoms with Gasteiger partial charge in [0.05, 0.1) is 12.7 Å². The molecular formula is C28H31F3N6O7. The van der Waals surface area contributed by atoms with E-state index in [1.54, 1.807) is 42.5 Å². The fourth-order valence-corrected chi connectivity index (χ4v) is 3.41. The summed E-state index contributed by atoms with van der Waals surface area (Å²) in [6.45, 7) is 6.05. The number of alkyl halides is 3. The van der Waals surface area contributed by atoms with E-state index >= 15 is 0 Å². The topological polar surface area (TPSA) is 209 Å². The number of aromatic carboxylic acids is 1. The molecule has 0 aliphatic heterocycles. The van der Waals surface area contributed by atoms with E-state index < -0.39 is 30.1 Å². The number of halogens is 3. The van der Waals surface area contributed by atoms with Gasteiger partial charge in [-0.25, -0.2) is 14.6 Å². The number of carbonyl (C=O) groups excluding carboxylic acids is 1. The lowest BCUT2D eigenvalue weighted by Gasteiger charge is -2.22. The first-order valence-corrected chi connectivity index (χ1v) is 12.8. The van der Waals surface area contributed by atoms with Crippen LogP contribution >= 0.6 is 0 Å². The Morgan fingerprint density at radius 3 is 2.20 bits per heavy atom. The lowest BCUT2D eigenvalue weighted by Crippen LogP contribution is -2.37. The third-order valence-corrected chi connectivity index (χ3v) is 5.32. The zero-order valence-corrected chi connectivity index (χ0v) is 23.7. The normalized spacial score (nSPS) is 11.3. The van der Waals surface area contributed by atoms with Crippen molar-refractivity contribution < 1.29 is 47.2 Å². The van der Waals surface area contributed by atoms with Crippen molar-refractivity contribution in [2.24, 2.45) is 5.73 Å². The number of hydrogen-bond acceptors (Lipinski definition) is 9. The van der Waals surface area contributed by atoms with Gasteiger partial charge in [0.15, 0.2) is 17.3 Å². The molecule has 236 valence electrons. The molecule has 0 fully saturated rings. The molecule has 1 heterocycles. The van der Waals surface area contributed by atoms with Crippen molar-refractivity contribution in [3.63, 3.8) is 0 Å². The van der Waals surface area contributed by atoms with Crippen LogP contribution in [0.3, 0.4) is 0 Å². The maximum absolute atomic E-state index is 13.4. The number of hydrazine groups is 1. The second-order valence-electron chi connectivity index (χ2n) is 9.00. The molecule has 3 aromatic rings. The Balaban J connectivity index is 0.000000860. The maximum Gasteiger partial charge on any atom is 0.490 e. The Bertz CT molecular complexity index is 1470. The van der Waals surface area contributed by atoms with Crippen molar-refractivity contribution in [3.05, 3.63) is 77.5 Å². The van der Waals surface area contributed by atoms with Crippen LogP contribution in [0, 0.1) is 5.41 Å². The largest absolute Gasteiger partial charge is 0.490 e. The number of carboxylic acids is 2. The van der Waals surface area contributed by atoms with Crippen LogP contribution in [0.15, 0.2) is 60.8 Å². The summed E-state index contributed by atoms with van der Waals surface area (Å²) in [5, 5.41) is 27.3. The van der Waals surface area contributed by atoms with E-state index in [4.69, 9.17) is 30.5 Å². The Labute approximate surface area is 249 Å². The Kier molecular flexibility index (Phi) is 12.3. The molecule has 0 radical (unpaired) electrons. The fraction of sp³-hybridized carbons (Fsp3) is 0.250. The Morgan fingerprint density at radius 1 is 1.05 bits per heavy atom. The number of nitrogens with zero attached hydrogens (tertiary/aromatic N) is 1. The SMILES string of the molecule is CCOc1cc(C(Nc2ccc(C(=N)N)cc2)C(=O)NNc2ncccc2C(=O)O)ccc1OC(C)C.O=C(O)C(F)(F)F. The summed E-state index contributed by atoms with van der Waals surface area (Å²) in [6.07, 6.45) is -3.75. The molecule has 0 bridgehead atoms. The van der Waals surface area contributed by atoms with Gasteiger partial charge in [-0.2, -0.15) is 13.2 Å². The summed E-state index contributed by atoms with van der Waals surface area (Å²) < 4.78 is 43.3. The number of anilines is 2. The van der Waals surface area contributed by atoms with Crippen molar-refractivity contribution in [1.29, 1.82) is 5.41 Å². The average Bonchev–Trinajstić information content (AvgIpc) is 2.95. The Morgan fingerprint density at radius 2 is 1.68 bits per heavy atom. The van der Waals surface area contributed by atoms with Crippen LogP contribution in [0.1, 0.15) is 48.3 Å². The number of nitrogen functional groups attached to an aromatic ring is 1. The number of rotatable bonds is 12. The zero-order valence-electron chi connectivity index (χ0n) is 23.7. The molecule has 0 saturated heterocycles. The first-order valence-electron chi connectivity index (χ1n) is 12.8. The van der Waals surface area contributed by atoms with Crippen molar-refractivity contribution in [3.8, 4) is 11.5 Å². The number of amides is 1. The highest BCUT2D eigenvalue weighted by molar-refractivity contribution is 5.95. The van der Waals surface area contributed by atoms with Gasteiger partial charge < -0.3 is 30.7 Å². The molecule has 0 aliphatic rings. The van der Waals surface area contributed by atoms with E-state index in [1.807, 2.05) is 20.8 Å². The molecule has 2 aromatic carbocycles. The van der Waals surface area contributed by atoms with E-state index in [9.17, 15) is 27.9 Å². The van der Waals surface area contributed by atoms with Gasteiger partial charge in [0.1, 0.15) is 17.4 Å². The highest BCUT2D eigenvalue weighted by atomic mass is 19.4. The highest BCUT2D eigenvalue weighted by Crippen LogP contribution is 2.33. The number of nitrogens with one attached hydrogen (secondary N) is 4. The van der Waals surface area contributed by atoms with Crippen LogP contribution < -0.4 is 31.4 Å². The van der Waals surface area contributed by atoms with E-state index in [2.05, 4.69) is 21.2 Å². The van der Waals surface area contributed by atoms with E-state index in [0.29, 0.717) is 34.9 Å². The van der Waals surface area contributed by atoms with Gasteiger partial charge in [-0.1, -0.05) is 6.07 Å². The van der Waals surface area contributed by atoms with Crippen LogP contribution in [0.5, 0.6) is 11.5 Å². The van der Waals surface area contributed by atoms with Gasteiger partial charge in [-0.05, 0) is 74.9 Å². The highest BCUT2D eigenvalue weighted by Gasteiger charge is 2.38. The standard InChI is InChI=1S/C26H30N6O5.C2HF3O2/c1-4-36-21-14-17(9-12-20(21)37-15(2)3)22(30-18-10-7-16(8-11-18)23(27)28)25(33)32-31-24-19(26(34)35)6-5-13-29-24;3-2(4,5)1(6)7/h5-15,22,30H,4H2,1-3H3,(H3,27,28)(H,29,31)(H,32,33)(H,34,35);(H,6,7). The number of carbonyl (C=O) groups is 3. The summed E-state index contributed by atoms with van der Waals surface area (Å²) in [7, 11) is 0. The minimum atomic E-state index is -5.08. The van der Waals surface area contributed by atoms with Crippen LogP contribution in [-0.4, -0.2) is 57.8 Å². The fourth-order valence-electron chi connectivity index (χ4n) is 3.41. The van der Waals surface area contributed by atoms with Crippen LogP contribution in [-0.2, 0) is 9.59 Å². The average molecular weight is 621 g/mol. The van der Waals surface area contributed by atoms with Crippen LogP contribution in [0.2, 0.25) is 0 Å². The third kappa shape index (κ3) is 10.4. The number of hydrogen-bond donors (Lipinski definition) is 7. The molecule has 0 aliphatic carbocycles. The van der Waals surface area contributed by atoms with Crippen LogP contribution in [0.4, 0.5) is 24.7 Å². The summed E-state index contributed by atoms with van der Waals surface area (Å²) in [5.41, 5.74) is 12.3. The third-order valence-electron chi connectivity index (χ3n) is 5.32. The second kappa shape index (κ2) is 15.6. The number of pyridine rings is 1. The van der Waals surface area contributed by atoms with Crippen molar-refractivity contribution in [2.75, 3.05) is 17.3 Å². The lowest BCUT2D eigenvalue weighted by atomic mass is 10.0. The minimum Gasteiger partial charge on any atom is -0.490 e. The molecule has 0 saturated carbocycles. The molecule has 1 amide bonds. The van der Waals surface area contributed by atoms with Crippen molar-refractivity contribution >= 4 is 35.2 Å². The second-order valence-corrected chi connectivity index (χ2v) is 9.00. The number of amidine groups is 1. The summed E-state index contributed by atoms with van der Waals surface area (Å²) in [6, 6.07) is 13.8. The Hall–Kier alpha value is -5.54. The van der Waals surface area contributed by atoms with Gasteiger partial charge in [0, 0.05) is 17.4 Å². The summed E-state index contributed by atoms with van der Waals surface area (Å²) in [5.74, 6) is -3.52. The number of benzene rings is 2. The lowest BCUT2D eigenvalue weighted by molar-refractivity contribution is -0.192. The van der Waals surface area contributed by atoms with E-state index in [1.165, 1.54) is 18.3 Å². The molecule has 44 heavy (non-hydrogen) atoms. The number of aliphatic carboxylic acids is 1. The monoisotopic (exact) mass is 620 g/mol. The van der Waals surface area contributed by atoms with Gasteiger partial charge in [-0.15, -0.1) is 0 Å². The summed E-state index contributed by atoms with van der Waals surface area (Å²) in [4.78, 5) is 37.8. The molecule has 1 aromatic heterocycles. The quantitative estimate of drug-likeness (QED) is 0.0868. The smallest absolute Gasteiger partial charge is 0.490 e. The van der Waals surface area contributed by atoms with E-state index in [-0.39, 0.29) is 23.3 Å². The van der Waals surface area contributed by atoms with Gasteiger partial charge in [0.2, 0.25) is 0 Å². The van der Waals surface area contributed by atoms with Crippen LogP contribution in [0.25, 0.3) is 0 Å². The van der Waals surface area contributed by atoms with Gasteiger partial charge in [0.25, 0.3) is 5.91 Å². The molecular weight excluding hydrogens is 589 g/mol. The number of aromatic nitrogens is 1. The predicted molar refractivity (Wildman–Crippen MR) is 154 cm³/mol. The van der Waals surface area contributed by atoms with Crippen molar-refractivity contribution in [2.45, 2.75) is 39.1 Å². The van der Waals surface area contributed by atoms with Crippen molar-refractivity contribution in [1.82, 2.24) is 10.4 Å². The van der Waals surface area contributed by atoms with E-state index in [0.717, 1.165) is 0 Å². The number of ether oxygens (including phenoxy) is 2. The maximum atomic E-state index is 13.4. The molecule has 16 heteroatoms. The molecule has 3 rings (SSSR count). The number of nitrogens with two attached hydrogens (primary N) is 1.